The van der Waals surface area contributed by atoms with Gasteiger partial charge in [-0.25, -0.2) is 4.98 Å². The summed E-state index contributed by atoms with van der Waals surface area (Å²) < 4.78 is 2.11. The number of rotatable bonds is 2. The van der Waals surface area contributed by atoms with Gasteiger partial charge in [0, 0.05) is 24.0 Å². The molecule has 4 heteroatoms. The van der Waals surface area contributed by atoms with Gasteiger partial charge in [-0.05, 0) is 25.2 Å². The van der Waals surface area contributed by atoms with Crippen LogP contribution in [0.5, 0.6) is 0 Å². The summed E-state index contributed by atoms with van der Waals surface area (Å²) in [5.41, 5.74) is 5.73. The van der Waals surface area contributed by atoms with Crippen molar-refractivity contribution in [3.05, 3.63) is 18.7 Å². The average Bonchev–Trinajstić information content (AvgIpc) is 2.75. The molecular weight excluding hydrogens is 190 g/mol. The van der Waals surface area contributed by atoms with Gasteiger partial charge in [-0.15, -0.1) is 0 Å². The van der Waals surface area contributed by atoms with E-state index in [9.17, 15) is 5.11 Å². The van der Waals surface area contributed by atoms with Crippen molar-refractivity contribution in [3.63, 3.8) is 0 Å². The third kappa shape index (κ3) is 2.06. The Morgan fingerprint density at radius 2 is 2.47 bits per heavy atom. The minimum Gasteiger partial charge on any atom is -0.394 e. The summed E-state index contributed by atoms with van der Waals surface area (Å²) in [6.07, 6.45) is 8.42. The zero-order valence-corrected chi connectivity index (χ0v) is 9.13. The van der Waals surface area contributed by atoms with Crippen molar-refractivity contribution in [2.45, 2.75) is 37.8 Å². The molecule has 15 heavy (non-hydrogen) atoms. The molecule has 1 aromatic heterocycles. The molecule has 1 aliphatic carbocycles. The van der Waals surface area contributed by atoms with E-state index >= 15 is 0 Å². The lowest BCUT2D eigenvalue weighted by Crippen LogP contribution is -2.49. The van der Waals surface area contributed by atoms with Crippen molar-refractivity contribution in [1.82, 2.24) is 9.55 Å². The molecule has 0 aromatic carbocycles. The predicted octanol–water partition coefficient (Wildman–Crippen LogP) is 0.934. The van der Waals surface area contributed by atoms with Gasteiger partial charge in [0.2, 0.25) is 0 Å². The number of imidazole rings is 1. The first-order valence-electron chi connectivity index (χ1n) is 5.52. The number of hydrogen-bond acceptors (Lipinski definition) is 3. The number of aliphatic hydroxyl groups excluding tert-OH is 1. The molecule has 1 aromatic rings. The van der Waals surface area contributed by atoms with Crippen molar-refractivity contribution in [3.8, 4) is 0 Å². The molecule has 2 rings (SSSR count). The third-order valence-electron chi connectivity index (χ3n) is 3.59. The highest BCUT2D eigenvalue weighted by atomic mass is 16.3. The Labute approximate surface area is 90.1 Å². The van der Waals surface area contributed by atoms with Gasteiger partial charge in [-0.2, -0.15) is 0 Å². The molecule has 1 fully saturated rings. The fourth-order valence-electron chi connectivity index (χ4n) is 2.44. The van der Waals surface area contributed by atoms with Crippen molar-refractivity contribution in [2.24, 2.45) is 11.7 Å². The van der Waals surface area contributed by atoms with Crippen LogP contribution in [0.25, 0.3) is 0 Å². The summed E-state index contributed by atoms with van der Waals surface area (Å²) >= 11 is 0. The molecule has 0 radical (unpaired) electrons. The Hall–Kier alpha value is -0.870. The number of nitrogens with two attached hydrogens (primary N) is 1. The molecule has 0 saturated heterocycles. The van der Waals surface area contributed by atoms with E-state index < -0.39 is 5.54 Å². The van der Waals surface area contributed by atoms with E-state index in [2.05, 4.69) is 16.5 Å². The molecule has 4 nitrogen and oxygen atoms in total. The second kappa shape index (κ2) is 3.94. The lowest BCUT2D eigenvalue weighted by atomic mass is 9.75. The molecule has 0 amide bonds. The quantitative estimate of drug-likeness (QED) is 0.761. The van der Waals surface area contributed by atoms with Crippen LogP contribution in [0.2, 0.25) is 0 Å². The van der Waals surface area contributed by atoms with Crippen LogP contribution in [0, 0.1) is 5.92 Å². The summed E-state index contributed by atoms with van der Waals surface area (Å²) in [6.45, 7) is 2.31. The second-order valence-corrected chi connectivity index (χ2v) is 4.82. The van der Waals surface area contributed by atoms with E-state index in [1.807, 2.05) is 12.5 Å². The van der Waals surface area contributed by atoms with Gasteiger partial charge in [0.05, 0.1) is 12.9 Å². The van der Waals surface area contributed by atoms with Crippen LogP contribution in [-0.4, -0.2) is 26.8 Å². The first-order valence-corrected chi connectivity index (χ1v) is 5.52. The number of aliphatic hydroxyl groups is 1. The lowest BCUT2D eigenvalue weighted by molar-refractivity contribution is 0.103. The van der Waals surface area contributed by atoms with Gasteiger partial charge >= 0.3 is 0 Å². The lowest BCUT2D eigenvalue weighted by Gasteiger charge is -2.40. The van der Waals surface area contributed by atoms with Crippen LogP contribution >= 0.6 is 0 Å². The first-order chi connectivity index (χ1) is 7.14. The second-order valence-electron chi connectivity index (χ2n) is 4.82. The van der Waals surface area contributed by atoms with E-state index in [1.54, 1.807) is 6.20 Å². The monoisotopic (exact) mass is 209 g/mol. The highest BCUT2D eigenvalue weighted by molar-refractivity contribution is 4.96. The molecule has 0 bridgehead atoms. The first kappa shape index (κ1) is 10.6. The summed E-state index contributed by atoms with van der Waals surface area (Å²) in [5.74, 6) is 0.599. The highest BCUT2D eigenvalue weighted by Crippen LogP contribution is 2.37. The summed E-state index contributed by atoms with van der Waals surface area (Å²) in [4.78, 5) is 4.07. The van der Waals surface area contributed by atoms with Crippen LogP contribution in [-0.2, 0) is 0 Å². The summed E-state index contributed by atoms with van der Waals surface area (Å²) in [6, 6.07) is 0.374. The van der Waals surface area contributed by atoms with Crippen molar-refractivity contribution in [2.75, 3.05) is 6.61 Å². The van der Waals surface area contributed by atoms with E-state index in [1.165, 1.54) is 0 Å². The maximum Gasteiger partial charge on any atom is 0.0948 e. The van der Waals surface area contributed by atoms with Gasteiger partial charge < -0.3 is 15.4 Å². The van der Waals surface area contributed by atoms with Crippen LogP contribution in [0.4, 0.5) is 0 Å². The van der Waals surface area contributed by atoms with Crippen LogP contribution in [0.1, 0.15) is 32.2 Å². The normalized spacial score (nSPS) is 36.7. The van der Waals surface area contributed by atoms with E-state index in [-0.39, 0.29) is 6.61 Å². The molecule has 0 spiro atoms. The molecule has 3 unspecified atom stereocenters. The van der Waals surface area contributed by atoms with Crippen molar-refractivity contribution < 1.29 is 5.11 Å². The molecule has 1 heterocycles. The fraction of sp³-hybridized carbons (Fsp3) is 0.727. The molecule has 0 aliphatic heterocycles. The van der Waals surface area contributed by atoms with Gasteiger partial charge in [0.25, 0.3) is 0 Å². The predicted molar refractivity (Wildman–Crippen MR) is 58.3 cm³/mol. The SMILES string of the molecule is CC1CCC(N)(CO)CC1n1ccnc1. The Balaban J connectivity index is 2.16. The standard InChI is InChI=1S/C11H19N3O/c1-9-2-3-11(12,7-15)6-10(9)14-5-4-13-8-14/h4-5,8-10,15H,2-3,6-7,12H2,1H3. The van der Waals surface area contributed by atoms with Gasteiger partial charge in [0.1, 0.15) is 0 Å². The maximum atomic E-state index is 9.30. The average molecular weight is 209 g/mol. The van der Waals surface area contributed by atoms with E-state index in [0.29, 0.717) is 12.0 Å². The number of nitrogens with zero attached hydrogens (tertiary/aromatic N) is 2. The zero-order chi connectivity index (χ0) is 10.9. The maximum absolute atomic E-state index is 9.30. The Morgan fingerprint density at radius 3 is 3.07 bits per heavy atom. The van der Waals surface area contributed by atoms with Crippen molar-refractivity contribution in [1.29, 1.82) is 0 Å². The highest BCUT2D eigenvalue weighted by Gasteiger charge is 2.36. The smallest absolute Gasteiger partial charge is 0.0948 e. The molecule has 1 aliphatic rings. The Morgan fingerprint density at radius 1 is 1.67 bits per heavy atom. The molecule has 3 atom stereocenters. The van der Waals surface area contributed by atoms with Gasteiger partial charge in [0.15, 0.2) is 0 Å². The van der Waals surface area contributed by atoms with Crippen molar-refractivity contribution >= 4 is 0 Å². The summed E-state index contributed by atoms with van der Waals surface area (Å²) in [7, 11) is 0. The number of aromatic nitrogens is 2. The molecule has 1 saturated carbocycles. The third-order valence-corrected chi connectivity index (χ3v) is 3.59. The Bertz CT molecular complexity index is 312. The van der Waals surface area contributed by atoms with E-state index in [4.69, 9.17) is 5.73 Å². The van der Waals surface area contributed by atoms with Crippen LogP contribution in [0.3, 0.4) is 0 Å². The van der Waals surface area contributed by atoms with Crippen LogP contribution in [0.15, 0.2) is 18.7 Å². The van der Waals surface area contributed by atoms with E-state index in [0.717, 1.165) is 19.3 Å². The summed E-state index contributed by atoms with van der Waals surface area (Å²) in [5, 5.41) is 9.30. The molecular formula is C11H19N3O. The van der Waals surface area contributed by atoms with Gasteiger partial charge in [-0.1, -0.05) is 6.92 Å². The topological polar surface area (TPSA) is 64.1 Å². The minimum absolute atomic E-state index is 0.0743. The van der Waals surface area contributed by atoms with Crippen LogP contribution < -0.4 is 5.73 Å². The molecule has 84 valence electrons. The van der Waals surface area contributed by atoms with Gasteiger partial charge in [-0.3, -0.25) is 0 Å². The largest absolute Gasteiger partial charge is 0.394 e. The number of hydrogen-bond donors (Lipinski definition) is 2. The molecule has 3 N–H and O–H groups in total. The minimum atomic E-state index is -0.401. The zero-order valence-electron chi connectivity index (χ0n) is 9.13. The Kier molecular flexibility index (Phi) is 2.80. The fourth-order valence-corrected chi connectivity index (χ4v) is 2.44.